The van der Waals surface area contributed by atoms with Crippen molar-refractivity contribution in [3.63, 3.8) is 0 Å². The van der Waals surface area contributed by atoms with Crippen LogP contribution in [-0.4, -0.2) is 17.1 Å². The van der Waals surface area contributed by atoms with Crippen molar-refractivity contribution < 1.29 is 9.90 Å². The average Bonchev–Trinajstić information content (AvgIpc) is 2.50. The Kier molecular flexibility index (Phi) is 8.75. The van der Waals surface area contributed by atoms with E-state index in [1.165, 1.54) is 38.5 Å². The van der Waals surface area contributed by atoms with Crippen LogP contribution in [0.2, 0.25) is 0 Å². The zero-order valence-electron chi connectivity index (χ0n) is 15.2. The molecule has 0 heterocycles. The van der Waals surface area contributed by atoms with Crippen LogP contribution >= 0.6 is 11.8 Å². The molecule has 0 unspecified atom stereocenters. The monoisotopic (exact) mass is 336 g/mol. The molecule has 0 radical (unpaired) electrons. The zero-order valence-corrected chi connectivity index (χ0v) is 16.0. The maximum absolute atomic E-state index is 11.2. The molecule has 0 aliphatic carbocycles. The van der Waals surface area contributed by atoms with Gasteiger partial charge in [0.1, 0.15) is 5.75 Å². The van der Waals surface area contributed by atoms with Gasteiger partial charge in [0.2, 0.25) is 0 Å². The summed E-state index contributed by atoms with van der Waals surface area (Å²) in [7, 11) is 0. The molecule has 0 amide bonds. The van der Waals surface area contributed by atoms with E-state index in [1.54, 1.807) is 0 Å². The number of thioether (sulfide) groups is 1. The molecular weight excluding hydrogens is 304 g/mol. The molecule has 0 spiro atoms. The van der Waals surface area contributed by atoms with Crippen LogP contribution in [0.3, 0.4) is 0 Å². The highest BCUT2D eigenvalue weighted by molar-refractivity contribution is 7.98. The lowest BCUT2D eigenvalue weighted by atomic mass is 9.84. The number of phenolic OH excluding ortho intramolecular Hbond substituents is 1. The number of phenols is 1. The third kappa shape index (κ3) is 6.99. The summed E-state index contributed by atoms with van der Waals surface area (Å²) in [6, 6.07) is 3.88. The lowest BCUT2D eigenvalue weighted by Gasteiger charge is -2.22. The largest absolute Gasteiger partial charge is 0.507 e. The van der Waals surface area contributed by atoms with Crippen LogP contribution in [0.5, 0.6) is 5.75 Å². The first-order valence-electron chi connectivity index (χ1n) is 8.79. The lowest BCUT2D eigenvalue weighted by Crippen LogP contribution is -2.12. The van der Waals surface area contributed by atoms with Crippen molar-refractivity contribution in [3.05, 3.63) is 28.8 Å². The first-order chi connectivity index (χ1) is 10.9. The normalized spacial score (nSPS) is 11.7. The van der Waals surface area contributed by atoms with Crippen LogP contribution < -0.4 is 0 Å². The minimum Gasteiger partial charge on any atom is -0.507 e. The van der Waals surface area contributed by atoms with Gasteiger partial charge in [-0.15, -0.1) is 0 Å². The summed E-state index contributed by atoms with van der Waals surface area (Å²) in [5, 5.41) is 10.2. The summed E-state index contributed by atoms with van der Waals surface area (Å²) < 4.78 is 0. The Balaban J connectivity index is 2.52. The maximum atomic E-state index is 11.2. The van der Waals surface area contributed by atoms with Gasteiger partial charge in [0.05, 0.1) is 5.56 Å². The number of hydrogen-bond acceptors (Lipinski definition) is 3. The van der Waals surface area contributed by atoms with Gasteiger partial charge in [0, 0.05) is 11.3 Å². The van der Waals surface area contributed by atoms with E-state index in [9.17, 15) is 9.90 Å². The second-order valence-corrected chi connectivity index (χ2v) is 8.37. The Morgan fingerprint density at radius 3 is 2.35 bits per heavy atom. The Labute approximate surface area is 146 Å². The lowest BCUT2D eigenvalue weighted by molar-refractivity contribution is 0.112. The number of rotatable bonds is 10. The van der Waals surface area contributed by atoms with Crippen molar-refractivity contribution in [1.82, 2.24) is 0 Å². The number of hydrogen-bond donors (Lipinski definition) is 1. The van der Waals surface area contributed by atoms with Gasteiger partial charge in [-0.1, -0.05) is 65.9 Å². The van der Waals surface area contributed by atoms with Crippen LogP contribution in [0.25, 0.3) is 0 Å². The fraction of sp³-hybridized carbons (Fsp3) is 0.650. The van der Waals surface area contributed by atoms with Crippen LogP contribution in [0.1, 0.15) is 87.7 Å². The SMILES string of the molecule is CCCCCCCCSCc1cc(C=O)c(O)c(C(C)(C)C)c1. The van der Waals surface area contributed by atoms with Crippen LogP contribution in [0.15, 0.2) is 12.1 Å². The summed E-state index contributed by atoms with van der Waals surface area (Å²) in [5.41, 5.74) is 2.23. The van der Waals surface area contributed by atoms with Crippen molar-refractivity contribution in [2.45, 2.75) is 77.4 Å². The van der Waals surface area contributed by atoms with E-state index in [1.807, 2.05) is 17.8 Å². The van der Waals surface area contributed by atoms with E-state index < -0.39 is 0 Å². The molecule has 23 heavy (non-hydrogen) atoms. The molecule has 2 nitrogen and oxygen atoms in total. The van der Waals surface area contributed by atoms with E-state index >= 15 is 0 Å². The molecule has 0 saturated carbocycles. The van der Waals surface area contributed by atoms with E-state index in [2.05, 4.69) is 33.8 Å². The number of unbranched alkanes of at least 4 members (excludes halogenated alkanes) is 5. The standard InChI is InChI=1S/C20H32O2S/c1-5-6-7-8-9-10-11-23-15-16-12-17(14-21)19(22)18(13-16)20(2,3)4/h12-14,22H,5-11,15H2,1-4H3. The smallest absolute Gasteiger partial charge is 0.153 e. The molecule has 0 atom stereocenters. The predicted molar refractivity (Wildman–Crippen MR) is 102 cm³/mol. The summed E-state index contributed by atoms with van der Waals surface area (Å²) >= 11 is 1.92. The van der Waals surface area contributed by atoms with Crippen LogP contribution in [0, 0.1) is 0 Å². The average molecular weight is 337 g/mol. The Bertz CT molecular complexity index is 489. The fourth-order valence-corrected chi connectivity index (χ4v) is 3.59. The number of aldehydes is 1. The fourth-order valence-electron chi connectivity index (χ4n) is 2.64. The molecular formula is C20H32O2S. The van der Waals surface area contributed by atoms with Crippen molar-refractivity contribution >= 4 is 18.0 Å². The zero-order chi connectivity index (χ0) is 17.3. The third-order valence-electron chi connectivity index (χ3n) is 4.05. The molecule has 1 N–H and O–H groups in total. The molecule has 0 aliphatic heterocycles. The number of carbonyl (C=O) groups is 1. The number of carbonyl (C=O) groups excluding carboxylic acids is 1. The van der Waals surface area contributed by atoms with Gasteiger partial charge >= 0.3 is 0 Å². The minimum atomic E-state index is -0.165. The minimum absolute atomic E-state index is 0.136. The Hall–Kier alpha value is -0.960. The predicted octanol–water partition coefficient (Wildman–Crippen LogP) is 6.10. The molecule has 3 heteroatoms. The second kappa shape index (κ2) is 10.0. The summed E-state index contributed by atoms with van der Waals surface area (Å²) in [6.07, 6.45) is 8.68. The van der Waals surface area contributed by atoms with Crippen LogP contribution in [-0.2, 0) is 11.2 Å². The molecule has 1 aromatic rings. The van der Waals surface area contributed by atoms with Gasteiger partial charge in [-0.25, -0.2) is 0 Å². The van der Waals surface area contributed by atoms with Crippen molar-refractivity contribution in [3.8, 4) is 5.75 Å². The van der Waals surface area contributed by atoms with Gasteiger partial charge in [-0.2, -0.15) is 11.8 Å². The van der Waals surface area contributed by atoms with E-state index in [0.29, 0.717) is 5.56 Å². The Morgan fingerprint density at radius 2 is 1.74 bits per heavy atom. The number of aromatic hydroxyl groups is 1. The van der Waals surface area contributed by atoms with Gasteiger partial charge in [-0.05, 0) is 29.2 Å². The maximum Gasteiger partial charge on any atom is 0.153 e. The van der Waals surface area contributed by atoms with E-state index in [-0.39, 0.29) is 11.2 Å². The van der Waals surface area contributed by atoms with Gasteiger partial charge in [-0.3, -0.25) is 4.79 Å². The molecule has 0 fully saturated rings. The third-order valence-corrected chi connectivity index (χ3v) is 5.16. The van der Waals surface area contributed by atoms with Crippen molar-refractivity contribution in [2.75, 3.05) is 5.75 Å². The van der Waals surface area contributed by atoms with E-state index in [4.69, 9.17) is 0 Å². The van der Waals surface area contributed by atoms with Gasteiger partial charge in [0.25, 0.3) is 0 Å². The first-order valence-corrected chi connectivity index (χ1v) is 9.95. The second-order valence-electron chi connectivity index (χ2n) is 7.27. The Morgan fingerprint density at radius 1 is 1.09 bits per heavy atom. The molecule has 0 aromatic heterocycles. The molecule has 130 valence electrons. The topological polar surface area (TPSA) is 37.3 Å². The highest BCUT2D eigenvalue weighted by atomic mass is 32.2. The van der Waals surface area contributed by atoms with E-state index in [0.717, 1.165) is 28.9 Å². The van der Waals surface area contributed by atoms with Crippen molar-refractivity contribution in [2.24, 2.45) is 0 Å². The highest BCUT2D eigenvalue weighted by Gasteiger charge is 2.21. The molecule has 0 saturated heterocycles. The summed E-state index contributed by atoms with van der Waals surface area (Å²) in [4.78, 5) is 11.2. The van der Waals surface area contributed by atoms with Gasteiger partial charge < -0.3 is 5.11 Å². The molecule has 1 rings (SSSR count). The summed E-state index contributed by atoms with van der Waals surface area (Å²) in [5.74, 6) is 2.20. The number of benzene rings is 1. The quantitative estimate of drug-likeness (QED) is 0.414. The van der Waals surface area contributed by atoms with Crippen LogP contribution in [0.4, 0.5) is 0 Å². The molecule has 0 bridgehead atoms. The first kappa shape index (κ1) is 20.1. The molecule has 0 aliphatic rings. The summed E-state index contributed by atoms with van der Waals surface area (Å²) in [6.45, 7) is 8.42. The van der Waals surface area contributed by atoms with Gasteiger partial charge in [0.15, 0.2) is 6.29 Å². The molecule has 1 aromatic carbocycles. The highest BCUT2D eigenvalue weighted by Crippen LogP contribution is 2.34. The van der Waals surface area contributed by atoms with Crippen molar-refractivity contribution in [1.29, 1.82) is 0 Å².